The van der Waals surface area contributed by atoms with Crippen molar-refractivity contribution in [2.75, 3.05) is 0 Å². The van der Waals surface area contributed by atoms with Gasteiger partial charge in [-0.15, -0.1) is 0 Å². The van der Waals surface area contributed by atoms with Crippen molar-refractivity contribution < 1.29 is 4.79 Å². The summed E-state index contributed by atoms with van der Waals surface area (Å²) in [5.74, 6) is 0.461. The zero-order valence-electron chi connectivity index (χ0n) is 17.8. The molecule has 1 saturated carbocycles. The first kappa shape index (κ1) is 19.6. The Kier molecular flexibility index (Phi) is 5.39. The molecular formula is C24H30N4O. The molecule has 0 bridgehead atoms. The summed E-state index contributed by atoms with van der Waals surface area (Å²) in [5, 5.41) is 7.73. The molecular weight excluding hydrogens is 360 g/mol. The zero-order chi connectivity index (χ0) is 20.5. The molecule has 152 valence electrons. The Labute approximate surface area is 172 Å². The van der Waals surface area contributed by atoms with Crippen LogP contribution in [0.15, 0.2) is 30.5 Å². The first-order chi connectivity index (χ1) is 13.9. The van der Waals surface area contributed by atoms with Gasteiger partial charge >= 0.3 is 0 Å². The van der Waals surface area contributed by atoms with Gasteiger partial charge in [-0.1, -0.05) is 49.6 Å². The Morgan fingerprint density at radius 3 is 2.59 bits per heavy atom. The van der Waals surface area contributed by atoms with Crippen LogP contribution in [0.2, 0.25) is 0 Å². The highest BCUT2D eigenvalue weighted by Crippen LogP contribution is 2.25. The average molecular weight is 391 g/mol. The molecule has 0 radical (unpaired) electrons. The molecule has 3 aromatic rings. The van der Waals surface area contributed by atoms with Gasteiger partial charge in [0.1, 0.15) is 5.56 Å². The van der Waals surface area contributed by atoms with Gasteiger partial charge in [-0.2, -0.15) is 5.10 Å². The Morgan fingerprint density at radius 2 is 1.86 bits per heavy atom. The van der Waals surface area contributed by atoms with Crippen molar-refractivity contribution in [2.24, 2.45) is 5.92 Å². The molecule has 1 aliphatic carbocycles. The minimum absolute atomic E-state index is 0.0589. The van der Waals surface area contributed by atoms with Crippen molar-refractivity contribution in [3.63, 3.8) is 0 Å². The van der Waals surface area contributed by atoms with Crippen LogP contribution in [0.5, 0.6) is 0 Å². The van der Waals surface area contributed by atoms with Gasteiger partial charge in [0.05, 0.1) is 6.20 Å². The Hall–Kier alpha value is -2.69. The molecule has 5 heteroatoms. The van der Waals surface area contributed by atoms with Crippen LogP contribution in [0.4, 0.5) is 0 Å². The minimum atomic E-state index is -0.0589. The molecule has 0 saturated heterocycles. The zero-order valence-corrected chi connectivity index (χ0v) is 17.8. The van der Waals surface area contributed by atoms with Crippen LogP contribution in [-0.2, 0) is 6.42 Å². The smallest absolute Gasteiger partial charge is 0.256 e. The summed E-state index contributed by atoms with van der Waals surface area (Å²) in [4.78, 5) is 17.7. The highest BCUT2D eigenvalue weighted by Gasteiger charge is 2.25. The van der Waals surface area contributed by atoms with Gasteiger partial charge in [0.15, 0.2) is 5.65 Å². The molecule has 1 fully saturated rings. The number of fused-ring (bicyclic) bond motifs is 1. The largest absolute Gasteiger partial charge is 0.349 e. The summed E-state index contributed by atoms with van der Waals surface area (Å²) in [6, 6.07) is 8.83. The predicted octanol–water partition coefficient (Wildman–Crippen LogP) is 4.55. The van der Waals surface area contributed by atoms with Gasteiger partial charge in [0, 0.05) is 23.9 Å². The van der Waals surface area contributed by atoms with Gasteiger partial charge < -0.3 is 5.32 Å². The van der Waals surface area contributed by atoms with Crippen LogP contribution in [0, 0.1) is 26.7 Å². The van der Waals surface area contributed by atoms with Crippen molar-refractivity contribution >= 4 is 11.6 Å². The molecule has 2 aromatic heterocycles. The number of carbonyl (C=O) groups is 1. The van der Waals surface area contributed by atoms with E-state index in [-0.39, 0.29) is 11.9 Å². The highest BCUT2D eigenvalue weighted by atomic mass is 16.1. The number of nitrogens with one attached hydrogen (secondary N) is 1. The molecule has 2 heterocycles. The maximum atomic E-state index is 13.0. The third kappa shape index (κ3) is 3.91. The lowest BCUT2D eigenvalue weighted by Gasteiger charge is -2.29. The Balaban J connectivity index is 1.63. The third-order valence-electron chi connectivity index (χ3n) is 6.38. The van der Waals surface area contributed by atoms with E-state index >= 15 is 0 Å². The normalized spacial score (nSPS) is 19.4. The fourth-order valence-corrected chi connectivity index (χ4v) is 4.41. The maximum Gasteiger partial charge on any atom is 0.256 e. The number of rotatable bonds is 4. The number of amides is 1. The summed E-state index contributed by atoms with van der Waals surface area (Å²) < 4.78 is 1.82. The SMILES string of the molecule is Cc1ccc(Cc2c(C)nc3c(C(=O)N[C@@H]4CCCC[C@@H]4C)cnn3c2C)cc1. The van der Waals surface area contributed by atoms with E-state index in [0.717, 1.165) is 29.8 Å². The van der Waals surface area contributed by atoms with Gasteiger partial charge in [0.25, 0.3) is 5.91 Å². The molecule has 5 nitrogen and oxygen atoms in total. The highest BCUT2D eigenvalue weighted by molar-refractivity contribution is 5.99. The van der Waals surface area contributed by atoms with Gasteiger partial charge in [-0.3, -0.25) is 4.79 Å². The van der Waals surface area contributed by atoms with E-state index < -0.39 is 0 Å². The van der Waals surface area contributed by atoms with E-state index in [9.17, 15) is 4.79 Å². The molecule has 2 atom stereocenters. The first-order valence-corrected chi connectivity index (χ1v) is 10.6. The lowest BCUT2D eigenvalue weighted by molar-refractivity contribution is 0.0911. The van der Waals surface area contributed by atoms with Crippen LogP contribution in [0.25, 0.3) is 5.65 Å². The molecule has 1 aliphatic rings. The number of carbonyl (C=O) groups excluding carboxylic acids is 1. The summed E-state index contributed by atoms with van der Waals surface area (Å²) >= 11 is 0. The van der Waals surface area contributed by atoms with E-state index in [4.69, 9.17) is 4.98 Å². The molecule has 1 aromatic carbocycles. The van der Waals surface area contributed by atoms with Crippen LogP contribution in [0.1, 0.15) is 71.0 Å². The van der Waals surface area contributed by atoms with E-state index in [0.29, 0.717) is 17.1 Å². The van der Waals surface area contributed by atoms with Crippen LogP contribution in [-0.4, -0.2) is 26.5 Å². The van der Waals surface area contributed by atoms with E-state index in [1.165, 1.54) is 30.4 Å². The summed E-state index contributed by atoms with van der Waals surface area (Å²) in [6.45, 7) is 8.40. The van der Waals surface area contributed by atoms with Crippen LogP contribution >= 0.6 is 0 Å². The summed E-state index contributed by atoms with van der Waals surface area (Å²) in [6.07, 6.45) is 7.14. The fourth-order valence-electron chi connectivity index (χ4n) is 4.41. The number of aryl methyl sites for hydroxylation is 3. The van der Waals surface area contributed by atoms with E-state index in [1.54, 1.807) is 6.20 Å². The number of hydrogen-bond acceptors (Lipinski definition) is 3. The second-order valence-corrected chi connectivity index (χ2v) is 8.56. The summed E-state index contributed by atoms with van der Waals surface area (Å²) in [7, 11) is 0. The second kappa shape index (κ2) is 7.97. The van der Waals surface area contributed by atoms with Crippen molar-refractivity contribution in [3.05, 3.63) is 64.1 Å². The average Bonchev–Trinajstić information content (AvgIpc) is 3.12. The summed E-state index contributed by atoms with van der Waals surface area (Å²) in [5.41, 5.74) is 6.88. The van der Waals surface area contributed by atoms with Crippen molar-refractivity contribution in [2.45, 2.75) is 65.8 Å². The van der Waals surface area contributed by atoms with Crippen molar-refractivity contribution in [1.82, 2.24) is 19.9 Å². The lowest BCUT2D eigenvalue weighted by atomic mass is 9.86. The molecule has 1 amide bonds. The maximum absolute atomic E-state index is 13.0. The second-order valence-electron chi connectivity index (χ2n) is 8.56. The molecule has 1 N–H and O–H groups in total. The number of nitrogens with zero attached hydrogens (tertiary/aromatic N) is 3. The lowest BCUT2D eigenvalue weighted by Crippen LogP contribution is -2.41. The topological polar surface area (TPSA) is 59.3 Å². The molecule has 0 aliphatic heterocycles. The van der Waals surface area contributed by atoms with Gasteiger partial charge in [0.2, 0.25) is 0 Å². The van der Waals surface area contributed by atoms with E-state index in [1.807, 2.05) is 11.4 Å². The number of benzene rings is 1. The van der Waals surface area contributed by atoms with Crippen molar-refractivity contribution in [1.29, 1.82) is 0 Å². The molecule has 0 spiro atoms. The number of aromatic nitrogens is 3. The first-order valence-electron chi connectivity index (χ1n) is 10.6. The molecule has 0 unspecified atom stereocenters. The predicted molar refractivity (Wildman–Crippen MR) is 115 cm³/mol. The van der Waals surface area contributed by atoms with Crippen molar-refractivity contribution in [3.8, 4) is 0 Å². The number of hydrogen-bond donors (Lipinski definition) is 1. The Bertz CT molecular complexity index is 1040. The monoisotopic (exact) mass is 390 g/mol. The standard InChI is InChI=1S/C24H30N4O/c1-15-9-11-19(12-10-15)13-20-17(3)26-23-21(14-25-28(23)18(20)4)24(29)27-22-8-6-5-7-16(22)2/h9-12,14,16,22H,5-8,13H2,1-4H3,(H,27,29)/t16-,22+/m0/s1. The van der Waals surface area contributed by atoms with Gasteiger partial charge in [-0.05, 0) is 50.7 Å². The van der Waals surface area contributed by atoms with Gasteiger partial charge in [-0.25, -0.2) is 9.50 Å². The fraction of sp³-hybridized carbons (Fsp3) is 0.458. The van der Waals surface area contributed by atoms with E-state index in [2.05, 4.69) is 55.5 Å². The Morgan fingerprint density at radius 1 is 1.14 bits per heavy atom. The molecule has 4 rings (SSSR count). The third-order valence-corrected chi connectivity index (χ3v) is 6.38. The quantitative estimate of drug-likeness (QED) is 0.711. The van der Waals surface area contributed by atoms with Crippen LogP contribution in [0.3, 0.4) is 0 Å². The molecule has 29 heavy (non-hydrogen) atoms. The van der Waals surface area contributed by atoms with Crippen LogP contribution < -0.4 is 5.32 Å². The minimum Gasteiger partial charge on any atom is -0.349 e.